The van der Waals surface area contributed by atoms with Gasteiger partial charge in [-0.25, -0.2) is 4.79 Å². The first-order chi connectivity index (χ1) is 14.7. The third kappa shape index (κ3) is 6.18. The Labute approximate surface area is 179 Å². The highest BCUT2D eigenvalue weighted by atomic mass is 16.5. The van der Waals surface area contributed by atoms with Crippen molar-refractivity contribution < 1.29 is 14.3 Å². The van der Waals surface area contributed by atoms with Gasteiger partial charge in [-0.2, -0.15) is 0 Å². The van der Waals surface area contributed by atoms with Gasteiger partial charge in [0.2, 0.25) is 0 Å². The van der Waals surface area contributed by atoms with Gasteiger partial charge in [0.15, 0.2) is 0 Å². The van der Waals surface area contributed by atoms with E-state index < -0.39 is 0 Å². The summed E-state index contributed by atoms with van der Waals surface area (Å²) >= 11 is 0. The lowest BCUT2D eigenvalue weighted by molar-refractivity contribution is 0.131. The first kappa shape index (κ1) is 22.1. The minimum Gasteiger partial charge on any atom is -0.445 e. The second-order valence-electron chi connectivity index (χ2n) is 7.70. The number of nitrogens with one attached hydrogen (secondary N) is 1. The molecule has 30 heavy (non-hydrogen) atoms. The van der Waals surface area contributed by atoms with Crippen molar-refractivity contribution in [3.8, 4) is 0 Å². The maximum atomic E-state index is 12.4. The molecule has 0 radical (unpaired) electrons. The van der Waals surface area contributed by atoms with Crippen LogP contribution in [0.5, 0.6) is 0 Å². The maximum Gasteiger partial charge on any atom is 0.407 e. The molecule has 5 heteroatoms. The van der Waals surface area contributed by atoms with E-state index in [4.69, 9.17) is 9.47 Å². The summed E-state index contributed by atoms with van der Waals surface area (Å²) in [6, 6.07) is 20.5. The molecular formula is C25H32N2O3. The van der Waals surface area contributed by atoms with Crippen molar-refractivity contribution in [1.82, 2.24) is 10.2 Å². The molecule has 1 fully saturated rings. The Hall–Kier alpha value is -2.63. The molecule has 1 saturated heterocycles. The Morgan fingerprint density at radius 3 is 2.43 bits per heavy atom. The molecule has 0 saturated carbocycles. The third-order valence-electron chi connectivity index (χ3n) is 5.75. The van der Waals surface area contributed by atoms with Crippen LogP contribution in [0.1, 0.15) is 17.5 Å². The van der Waals surface area contributed by atoms with Crippen LogP contribution < -0.4 is 5.32 Å². The molecule has 1 aliphatic rings. The van der Waals surface area contributed by atoms with Gasteiger partial charge < -0.3 is 14.8 Å². The molecule has 3 rings (SSSR count). The topological polar surface area (TPSA) is 50.8 Å². The summed E-state index contributed by atoms with van der Waals surface area (Å²) in [6.07, 6.45) is 3.59. The zero-order valence-corrected chi connectivity index (χ0v) is 17.7. The number of benzene rings is 2. The highest BCUT2D eigenvalue weighted by Crippen LogP contribution is 2.29. The van der Waals surface area contributed by atoms with E-state index in [1.807, 2.05) is 42.5 Å². The molecule has 1 amide bonds. The lowest BCUT2D eigenvalue weighted by Crippen LogP contribution is -2.40. The van der Waals surface area contributed by atoms with Crippen LogP contribution in [0, 0.1) is 5.92 Å². The third-order valence-corrected chi connectivity index (χ3v) is 5.75. The number of likely N-dealkylation sites (tertiary alicyclic amines) is 1. The molecule has 0 unspecified atom stereocenters. The van der Waals surface area contributed by atoms with Crippen molar-refractivity contribution in [3.63, 3.8) is 0 Å². The molecular weight excluding hydrogens is 376 g/mol. The zero-order chi connectivity index (χ0) is 21.2. The van der Waals surface area contributed by atoms with E-state index >= 15 is 0 Å². The van der Waals surface area contributed by atoms with Crippen LogP contribution >= 0.6 is 0 Å². The largest absolute Gasteiger partial charge is 0.445 e. The van der Waals surface area contributed by atoms with Gasteiger partial charge in [0, 0.05) is 32.2 Å². The van der Waals surface area contributed by atoms with E-state index in [0.717, 1.165) is 31.5 Å². The lowest BCUT2D eigenvalue weighted by atomic mass is 9.92. The molecule has 160 valence electrons. The Morgan fingerprint density at radius 2 is 1.80 bits per heavy atom. The van der Waals surface area contributed by atoms with Crippen LogP contribution in [0.25, 0.3) is 0 Å². The second kappa shape index (κ2) is 11.5. The number of carbonyl (C=O) groups excluding carboxylic acids is 1. The molecule has 0 aromatic heterocycles. The lowest BCUT2D eigenvalue weighted by Gasteiger charge is -2.27. The first-order valence-corrected chi connectivity index (χ1v) is 10.6. The first-order valence-electron chi connectivity index (χ1n) is 10.6. The number of carbonyl (C=O) groups is 1. The average molecular weight is 409 g/mol. The summed E-state index contributed by atoms with van der Waals surface area (Å²) < 4.78 is 10.7. The average Bonchev–Trinajstić information content (AvgIpc) is 3.12. The Balaban J connectivity index is 1.60. The standard InChI is InChI=1S/C25H32N2O3/c1-3-22-23(26-25(28)30-19-21-12-8-5-9-13-21)18-27(16-17-29-2)24(22)15-14-20-10-6-4-7-11-20/h3-13,22-24H,1,14-19H2,2H3,(H,26,28)/t22-,23+,24-/m0/s1. The molecule has 5 nitrogen and oxygen atoms in total. The Morgan fingerprint density at radius 1 is 1.13 bits per heavy atom. The molecule has 1 aliphatic heterocycles. The number of ether oxygens (including phenoxy) is 2. The van der Waals surface area contributed by atoms with E-state index in [1.54, 1.807) is 7.11 Å². The van der Waals surface area contributed by atoms with Crippen LogP contribution in [0.15, 0.2) is 73.3 Å². The van der Waals surface area contributed by atoms with Gasteiger partial charge in [0.05, 0.1) is 12.6 Å². The van der Waals surface area contributed by atoms with Crippen LogP contribution in [0.4, 0.5) is 4.79 Å². The van der Waals surface area contributed by atoms with Gasteiger partial charge in [0.1, 0.15) is 6.61 Å². The number of hydrogen-bond donors (Lipinski definition) is 1. The molecule has 0 aliphatic carbocycles. The summed E-state index contributed by atoms with van der Waals surface area (Å²) in [5.41, 5.74) is 2.30. The molecule has 1 N–H and O–H groups in total. The second-order valence-corrected chi connectivity index (χ2v) is 7.70. The fourth-order valence-electron chi connectivity index (χ4n) is 4.20. The van der Waals surface area contributed by atoms with Crippen molar-refractivity contribution >= 4 is 6.09 Å². The minimum absolute atomic E-state index is 0.0246. The summed E-state index contributed by atoms with van der Waals surface area (Å²) in [7, 11) is 1.72. The van der Waals surface area contributed by atoms with E-state index in [0.29, 0.717) is 12.6 Å². The number of nitrogens with zero attached hydrogens (tertiary/aromatic N) is 1. The van der Waals surface area contributed by atoms with Crippen molar-refractivity contribution in [1.29, 1.82) is 0 Å². The van der Waals surface area contributed by atoms with Gasteiger partial charge in [-0.05, 0) is 24.0 Å². The van der Waals surface area contributed by atoms with Crippen LogP contribution in [-0.4, -0.2) is 49.9 Å². The number of aryl methyl sites for hydroxylation is 1. The summed E-state index contributed by atoms with van der Waals surface area (Å²) in [5, 5.41) is 3.07. The van der Waals surface area contributed by atoms with Gasteiger partial charge >= 0.3 is 6.09 Å². The summed E-state index contributed by atoms with van der Waals surface area (Å²) in [4.78, 5) is 14.8. The van der Waals surface area contributed by atoms with Crippen molar-refractivity contribution in [3.05, 3.63) is 84.4 Å². The highest BCUT2D eigenvalue weighted by Gasteiger charge is 2.40. The quantitative estimate of drug-likeness (QED) is 0.603. The van der Waals surface area contributed by atoms with E-state index in [1.165, 1.54) is 5.56 Å². The van der Waals surface area contributed by atoms with Crippen LogP contribution in [0.3, 0.4) is 0 Å². The number of amides is 1. The summed E-state index contributed by atoms with van der Waals surface area (Å²) in [6.45, 7) is 6.59. The van der Waals surface area contributed by atoms with Crippen molar-refractivity contribution in [2.75, 3.05) is 26.8 Å². The SMILES string of the molecule is C=C[C@H]1[C@H](NC(=O)OCc2ccccc2)CN(CCOC)[C@H]1CCc1ccccc1. The monoisotopic (exact) mass is 408 g/mol. The Kier molecular flexibility index (Phi) is 8.48. The minimum atomic E-state index is -0.383. The fourth-order valence-corrected chi connectivity index (χ4v) is 4.20. The Bertz CT molecular complexity index is 781. The van der Waals surface area contributed by atoms with E-state index in [-0.39, 0.29) is 24.7 Å². The maximum absolute atomic E-state index is 12.4. The molecule has 1 heterocycles. The van der Waals surface area contributed by atoms with Crippen molar-refractivity contribution in [2.24, 2.45) is 5.92 Å². The van der Waals surface area contributed by atoms with E-state index in [9.17, 15) is 4.79 Å². The summed E-state index contributed by atoms with van der Waals surface area (Å²) in [5.74, 6) is 0.162. The molecule has 2 aromatic rings. The van der Waals surface area contributed by atoms with Crippen LogP contribution in [0.2, 0.25) is 0 Å². The molecule has 0 bridgehead atoms. The predicted molar refractivity (Wildman–Crippen MR) is 119 cm³/mol. The van der Waals surface area contributed by atoms with E-state index in [2.05, 4.69) is 41.1 Å². The highest BCUT2D eigenvalue weighted by molar-refractivity contribution is 5.67. The number of hydrogen-bond acceptors (Lipinski definition) is 4. The van der Waals surface area contributed by atoms with Crippen molar-refractivity contribution in [2.45, 2.75) is 31.5 Å². The van der Waals surface area contributed by atoms with Gasteiger partial charge in [-0.15, -0.1) is 6.58 Å². The number of alkyl carbamates (subject to hydrolysis) is 1. The molecule has 0 spiro atoms. The molecule has 3 atom stereocenters. The molecule has 2 aromatic carbocycles. The van der Waals surface area contributed by atoms with Gasteiger partial charge in [-0.3, -0.25) is 4.90 Å². The number of methoxy groups -OCH3 is 1. The fraction of sp³-hybridized carbons (Fsp3) is 0.400. The smallest absolute Gasteiger partial charge is 0.407 e. The number of rotatable bonds is 10. The zero-order valence-electron chi connectivity index (χ0n) is 17.7. The van der Waals surface area contributed by atoms with Crippen LogP contribution in [-0.2, 0) is 22.5 Å². The predicted octanol–water partition coefficient (Wildman–Crippen LogP) is 4.05. The van der Waals surface area contributed by atoms with Gasteiger partial charge in [-0.1, -0.05) is 66.7 Å². The normalized spacial score (nSPS) is 21.3. The van der Waals surface area contributed by atoms with Gasteiger partial charge in [0.25, 0.3) is 0 Å².